The maximum atomic E-state index is 13.1. The smallest absolute Gasteiger partial charge is 0.166 e. The van der Waals surface area contributed by atoms with Crippen molar-refractivity contribution >= 4 is 5.78 Å². The summed E-state index contributed by atoms with van der Waals surface area (Å²) < 4.78 is 13.1. The summed E-state index contributed by atoms with van der Waals surface area (Å²) in [6.07, 6.45) is 3.16. The number of hydrogen-bond acceptors (Lipinski definition) is 1. The molecule has 1 aromatic rings. The van der Waals surface area contributed by atoms with E-state index in [-0.39, 0.29) is 17.5 Å². The van der Waals surface area contributed by atoms with Gasteiger partial charge in [0.2, 0.25) is 0 Å². The first kappa shape index (κ1) is 13.3. The molecule has 1 nitrogen and oxygen atoms in total. The second kappa shape index (κ2) is 5.21. The number of halogens is 1. The van der Waals surface area contributed by atoms with Crippen LogP contribution in [0.4, 0.5) is 4.39 Å². The van der Waals surface area contributed by atoms with Gasteiger partial charge in [0.05, 0.1) is 0 Å². The molecule has 1 fully saturated rings. The molecule has 0 radical (unpaired) electrons. The second-order valence-corrected chi connectivity index (χ2v) is 5.94. The summed E-state index contributed by atoms with van der Waals surface area (Å²) >= 11 is 0. The monoisotopic (exact) mass is 248 g/mol. The normalized spacial score (nSPS) is 28.1. The van der Waals surface area contributed by atoms with Gasteiger partial charge in [-0.25, -0.2) is 4.39 Å². The standard InChI is InChI=1S/C16H21FO/c1-10-6-11(2)8-13(7-10)16(18)15-5-4-14(17)9-12(15)3/h4-5,9-11,13H,6-8H2,1-3H3. The van der Waals surface area contributed by atoms with Crippen LogP contribution in [0, 0.1) is 30.5 Å². The number of carbonyl (C=O) groups excluding carboxylic acids is 1. The van der Waals surface area contributed by atoms with Crippen LogP contribution in [0.1, 0.15) is 49.0 Å². The van der Waals surface area contributed by atoms with Gasteiger partial charge in [0, 0.05) is 11.5 Å². The predicted molar refractivity (Wildman–Crippen MR) is 71.1 cm³/mol. The summed E-state index contributed by atoms with van der Waals surface area (Å²) in [5.41, 5.74) is 1.45. The third-order valence-electron chi connectivity index (χ3n) is 4.00. The lowest BCUT2D eigenvalue weighted by Gasteiger charge is -2.30. The van der Waals surface area contributed by atoms with Crippen molar-refractivity contribution in [2.75, 3.05) is 0 Å². The first-order chi connectivity index (χ1) is 8.47. The van der Waals surface area contributed by atoms with Gasteiger partial charge in [0.15, 0.2) is 5.78 Å². The van der Waals surface area contributed by atoms with Gasteiger partial charge >= 0.3 is 0 Å². The lowest BCUT2D eigenvalue weighted by atomic mass is 9.73. The Hall–Kier alpha value is -1.18. The summed E-state index contributed by atoms with van der Waals surface area (Å²) in [7, 11) is 0. The second-order valence-electron chi connectivity index (χ2n) is 5.94. The van der Waals surface area contributed by atoms with Crippen LogP contribution in [0.5, 0.6) is 0 Å². The number of benzene rings is 1. The third-order valence-corrected chi connectivity index (χ3v) is 4.00. The van der Waals surface area contributed by atoms with E-state index in [0.29, 0.717) is 17.4 Å². The highest BCUT2D eigenvalue weighted by Crippen LogP contribution is 2.35. The van der Waals surface area contributed by atoms with E-state index in [0.717, 1.165) is 18.4 Å². The molecule has 1 saturated carbocycles. The van der Waals surface area contributed by atoms with Gasteiger partial charge in [-0.2, -0.15) is 0 Å². The molecule has 0 aliphatic heterocycles. The zero-order chi connectivity index (χ0) is 13.3. The number of ketones is 1. The minimum atomic E-state index is -0.269. The van der Waals surface area contributed by atoms with Crippen LogP contribution in [-0.4, -0.2) is 5.78 Å². The molecule has 0 heterocycles. The van der Waals surface area contributed by atoms with Crippen molar-refractivity contribution in [2.45, 2.75) is 40.0 Å². The van der Waals surface area contributed by atoms with Gasteiger partial charge in [0.1, 0.15) is 5.82 Å². The summed E-state index contributed by atoms with van der Waals surface area (Å²) in [6, 6.07) is 4.47. The minimum Gasteiger partial charge on any atom is -0.294 e. The fourth-order valence-corrected chi connectivity index (χ4v) is 3.28. The molecule has 2 heteroatoms. The lowest BCUT2D eigenvalue weighted by molar-refractivity contribution is 0.0835. The molecule has 0 aromatic heterocycles. The Bertz CT molecular complexity index is 442. The topological polar surface area (TPSA) is 17.1 Å². The van der Waals surface area contributed by atoms with Crippen molar-refractivity contribution in [3.05, 3.63) is 35.1 Å². The molecule has 2 unspecified atom stereocenters. The fourth-order valence-electron chi connectivity index (χ4n) is 3.28. The zero-order valence-corrected chi connectivity index (χ0v) is 11.4. The van der Waals surface area contributed by atoms with Crippen LogP contribution < -0.4 is 0 Å². The molecule has 2 rings (SSSR count). The molecule has 0 bridgehead atoms. The Morgan fingerprint density at radius 2 is 1.78 bits per heavy atom. The Balaban J connectivity index is 2.20. The average molecular weight is 248 g/mol. The van der Waals surface area contributed by atoms with Crippen molar-refractivity contribution in [2.24, 2.45) is 17.8 Å². The molecule has 18 heavy (non-hydrogen) atoms. The van der Waals surface area contributed by atoms with Crippen LogP contribution in [0.15, 0.2) is 18.2 Å². The van der Waals surface area contributed by atoms with Crippen LogP contribution in [0.25, 0.3) is 0 Å². The van der Waals surface area contributed by atoms with Gasteiger partial charge in [0.25, 0.3) is 0 Å². The molecular formula is C16H21FO. The fraction of sp³-hybridized carbons (Fsp3) is 0.562. The van der Waals surface area contributed by atoms with Crippen molar-refractivity contribution in [3.8, 4) is 0 Å². The van der Waals surface area contributed by atoms with E-state index in [1.54, 1.807) is 6.07 Å². The highest BCUT2D eigenvalue weighted by atomic mass is 19.1. The molecule has 1 aliphatic carbocycles. The lowest BCUT2D eigenvalue weighted by Crippen LogP contribution is -2.26. The Morgan fingerprint density at radius 3 is 2.33 bits per heavy atom. The van der Waals surface area contributed by atoms with E-state index >= 15 is 0 Å². The first-order valence-corrected chi connectivity index (χ1v) is 6.77. The van der Waals surface area contributed by atoms with E-state index in [9.17, 15) is 9.18 Å². The minimum absolute atomic E-state index is 0.118. The van der Waals surface area contributed by atoms with E-state index < -0.39 is 0 Å². The quantitative estimate of drug-likeness (QED) is 0.709. The molecule has 0 spiro atoms. The van der Waals surface area contributed by atoms with Crippen LogP contribution in [0.2, 0.25) is 0 Å². The van der Waals surface area contributed by atoms with Crippen molar-refractivity contribution in [1.29, 1.82) is 0 Å². The molecule has 1 aliphatic rings. The maximum absolute atomic E-state index is 13.1. The highest BCUT2D eigenvalue weighted by Gasteiger charge is 2.30. The molecule has 98 valence electrons. The summed E-state index contributed by atoms with van der Waals surface area (Å²) in [4.78, 5) is 12.5. The SMILES string of the molecule is Cc1cc(F)ccc1C(=O)C1CC(C)CC(C)C1. The molecule has 0 saturated heterocycles. The van der Waals surface area contributed by atoms with E-state index in [4.69, 9.17) is 0 Å². The van der Waals surface area contributed by atoms with Crippen LogP contribution >= 0.6 is 0 Å². The van der Waals surface area contributed by atoms with Gasteiger partial charge in [-0.3, -0.25) is 4.79 Å². The highest BCUT2D eigenvalue weighted by molar-refractivity contribution is 5.99. The zero-order valence-electron chi connectivity index (χ0n) is 11.4. The van der Waals surface area contributed by atoms with E-state index in [1.165, 1.54) is 18.6 Å². The Labute approximate surface area is 108 Å². The first-order valence-electron chi connectivity index (χ1n) is 6.77. The number of carbonyl (C=O) groups is 1. The largest absolute Gasteiger partial charge is 0.294 e. The summed E-state index contributed by atoms with van der Waals surface area (Å²) in [5, 5.41) is 0. The van der Waals surface area contributed by atoms with Crippen molar-refractivity contribution in [1.82, 2.24) is 0 Å². The predicted octanol–water partition coefficient (Wildman–Crippen LogP) is 4.39. The summed E-state index contributed by atoms with van der Waals surface area (Å²) in [6.45, 7) is 6.24. The molecule has 0 N–H and O–H groups in total. The van der Waals surface area contributed by atoms with Crippen LogP contribution in [0.3, 0.4) is 0 Å². The average Bonchev–Trinajstić information content (AvgIpc) is 2.26. The van der Waals surface area contributed by atoms with Crippen molar-refractivity contribution in [3.63, 3.8) is 0 Å². The van der Waals surface area contributed by atoms with Gasteiger partial charge in [-0.15, -0.1) is 0 Å². The van der Waals surface area contributed by atoms with Crippen LogP contribution in [-0.2, 0) is 0 Å². The third kappa shape index (κ3) is 2.80. The van der Waals surface area contributed by atoms with Gasteiger partial charge < -0.3 is 0 Å². The number of Topliss-reactive ketones (excluding diaryl/α,β-unsaturated/α-hetero) is 1. The Morgan fingerprint density at radius 1 is 1.17 bits per heavy atom. The molecule has 0 amide bonds. The van der Waals surface area contributed by atoms with Crippen molar-refractivity contribution < 1.29 is 9.18 Å². The molecule has 2 atom stereocenters. The van der Waals surface area contributed by atoms with Gasteiger partial charge in [-0.1, -0.05) is 13.8 Å². The molecular weight excluding hydrogens is 227 g/mol. The number of rotatable bonds is 2. The summed E-state index contributed by atoms with van der Waals surface area (Å²) in [5.74, 6) is 1.28. The van der Waals surface area contributed by atoms with Gasteiger partial charge in [-0.05, 0) is 61.8 Å². The Kier molecular flexibility index (Phi) is 3.84. The number of hydrogen-bond donors (Lipinski definition) is 0. The number of aryl methyl sites for hydroxylation is 1. The molecule has 1 aromatic carbocycles. The maximum Gasteiger partial charge on any atom is 0.166 e. The van der Waals surface area contributed by atoms with E-state index in [2.05, 4.69) is 13.8 Å². The van der Waals surface area contributed by atoms with E-state index in [1.807, 2.05) is 6.92 Å².